The lowest BCUT2D eigenvalue weighted by Gasteiger charge is -2.23. The van der Waals surface area contributed by atoms with Gasteiger partial charge in [0.2, 0.25) is 0 Å². The molecule has 0 unspecified atom stereocenters. The Bertz CT molecular complexity index is 1130. The largest absolute Gasteiger partial charge is 0.416 e. The number of aromatic nitrogens is 4. The normalized spacial score (nSPS) is 12.8. The van der Waals surface area contributed by atoms with Gasteiger partial charge in [0.05, 0.1) is 23.7 Å². The second-order valence-corrected chi connectivity index (χ2v) is 7.49. The van der Waals surface area contributed by atoms with E-state index in [0.717, 1.165) is 21.8 Å². The molecule has 0 saturated heterocycles. The number of benzene rings is 2. The Balaban J connectivity index is 2.06. The molecular weight excluding hydrogens is 481 g/mol. The van der Waals surface area contributed by atoms with Gasteiger partial charge < -0.3 is 4.90 Å². The van der Waals surface area contributed by atoms with Gasteiger partial charge in [-0.3, -0.25) is 0 Å². The number of alkyl halides is 9. The van der Waals surface area contributed by atoms with E-state index >= 15 is 0 Å². The summed E-state index contributed by atoms with van der Waals surface area (Å²) in [5.74, 6) is -0.190. The first-order valence-corrected chi connectivity index (χ1v) is 9.48. The lowest BCUT2D eigenvalue weighted by Crippen LogP contribution is -2.25. The molecule has 34 heavy (non-hydrogen) atoms. The van der Waals surface area contributed by atoms with Crippen LogP contribution < -0.4 is 4.90 Å². The summed E-state index contributed by atoms with van der Waals surface area (Å²) in [6, 6.07) is 4.01. The summed E-state index contributed by atoms with van der Waals surface area (Å²) < 4.78 is 119. The highest BCUT2D eigenvalue weighted by Gasteiger charge is 2.37. The van der Waals surface area contributed by atoms with Crippen LogP contribution in [0.25, 0.3) is 0 Å². The molecule has 0 N–H and O–H groups in total. The molecule has 14 heteroatoms. The average molecular weight is 497 g/mol. The van der Waals surface area contributed by atoms with Crippen molar-refractivity contribution in [1.82, 2.24) is 20.2 Å². The van der Waals surface area contributed by atoms with E-state index in [1.54, 1.807) is 0 Å². The van der Waals surface area contributed by atoms with Crippen LogP contribution in [0.3, 0.4) is 0 Å². The Kier molecular flexibility index (Phi) is 6.55. The third-order valence-electron chi connectivity index (χ3n) is 4.84. The molecule has 0 spiro atoms. The number of aryl methyl sites for hydroxylation is 2. The molecule has 0 aliphatic carbocycles. The van der Waals surface area contributed by atoms with E-state index in [1.807, 2.05) is 0 Å². The SMILES string of the molecule is Cc1ccc(C(F)(F)F)cc1CN(Cc1cc(C(F)(F)F)cc(C(F)(F)F)c1)c1nnn(C)n1. The van der Waals surface area contributed by atoms with Crippen molar-refractivity contribution in [3.05, 3.63) is 69.8 Å². The zero-order chi connectivity index (χ0) is 25.5. The molecule has 0 amide bonds. The molecule has 0 fully saturated rings. The maximum absolute atomic E-state index is 13.2. The van der Waals surface area contributed by atoms with Gasteiger partial charge in [0.25, 0.3) is 5.95 Å². The number of hydrogen-bond donors (Lipinski definition) is 0. The molecule has 1 aromatic heterocycles. The van der Waals surface area contributed by atoms with Gasteiger partial charge >= 0.3 is 18.5 Å². The molecule has 184 valence electrons. The quantitative estimate of drug-likeness (QED) is 0.420. The molecule has 0 aliphatic rings. The van der Waals surface area contributed by atoms with Crippen LogP contribution >= 0.6 is 0 Å². The number of halogens is 9. The van der Waals surface area contributed by atoms with Gasteiger partial charge in [-0.2, -0.15) is 44.3 Å². The van der Waals surface area contributed by atoms with E-state index in [9.17, 15) is 39.5 Å². The fourth-order valence-corrected chi connectivity index (χ4v) is 3.15. The molecule has 1 heterocycles. The van der Waals surface area contributed by atoms with E-state index < -0.39 is 41.8 Å². The van der Waals surface area contributed by atoms with E-state index in [4.69, 9.17) is 0 Å². The van der Waals surface area contributed by atoms with Crippen molar-refractivity contribution in [2.45, 2.75) is 38.5 Å². The second-order valence-electron chi connectivity index (χ2n) is 7.49. The van der Waals surface area contributed by atoms with Crippen molar-refractivity contribution in [3.8, 4) is 0 Å². The molecule has 3 aromatic rings. The Hall–Kier alpha value is -3.32. The van der Waals surface area contributed by atoms with Gasteiger partial charge in [0.1, 0.15) is 0 Å². The predicted octanol–water partition coefficient (Wildman–Crippen LogP) is 5.78. The summed E-state index contributed by atoms with van der Waals surface area (Å²) in [5.41, 5.74) is -3.83. The van der Waals surface area contributed by atoms with Crippen molar-refractivity contribution in [3.63, 3.8) is 0 Å². The lowest BCUT2D eigenvalue weighted by molar-refractivity contribution is -0.143. The van der Waals surface area contributed by atoms with Gasteiger partial charge in [-0.05, 0) is 59.2 Å². The third kappa shape index (κ3) is 5.97. The summed E-state index contributed by atoms with van der Waals surface area (Å²) in [6.45, 7) is 0.622. The number of rotatable bonds is 5. The van der Waals surface area contributed by atoms with E-state index in [0.29, 0.717) is 17.7 Å². The molecule has 2 aromatic carbocycles. The minimum Gasteiger partial charge on any atom is -0.330 e. The van der Waals surface area contributed by atoms with Crippen LogP contribution in [0.2, 0.25) is 0 Å². The van der Waals surface area contributed by atoms with Gasteiger partial charge in [-0.25, -0.2) is 0 Å². The molecule has 0 atom stereocenters. The molecule has 0 aliphatic heterocycles. The molecular formula is C20H16F9N5. The first-order chi connectivity index (χ1) is 15.5. The zero-order valence-corrected chi connectivity index (χ0v) is 17.5. The van der Waals surface area contributed by atoms with Crippen molar-refractivity contribution < 1.29 is 39.5 Å². The van der Waals surface area contributed by atoms with Crippen LogP contribution in [-0.2, 0) is 38.7 Å². The number of tetrazole rings is 1. The van der Waals surface area contributed by atoms with Gasteiger partial charge in [-0.1, -0.05) is 11.2 Å². The Morgan fingerprint density at radius 2 is 1.32 bits per heavy atom. The average Bonchev–Trinajstić information content (AvgIpc) is 3.13. The van der Waals surface area contributed by atoms with Gasteiger partial charge in [0, 0.05) is 13.1 Å². The number of hydrogen-bond acceptors (Lipinski definition) is 4. The highest BCUT2D eigenvalue weighted by atomic mass is 19.4. The number of nitrogens with zero attached hydrogens (tertiary/aromatic N) is 5. The summed E-state index contributed by atoms with van der Waals surface area (Å²) in [4.78, 5) is 2.14. The van der Waals surface area contributed by atoms with Gasteiger partial charge in [-0.15, -0.1) is 5.10 Å². The summed E-state index contributed by atoms with van der Waals surface area (Å²) >= 11 is 0. The highest BCUT2D eigenvalue weighted by molar-refractivity contribution is 5.40. The van der Waals surface area contributed by atoms with Crippen LogP contribution in [0.4, 0.5) is 45.5 Å². The summed E-state index contributed by atoms with van der Waals surface area (Å²) in [6.07, 6.45) is -14.8. The molecule has 3 rings (SSSR count). The van der Waals surface area contributed by atoms with Crippen LogP contribution in [0.1, 0.15) is 33.4 Å². The van der Waals surface area contributed by atoms with Crippen LogP contribution in [-0.4, -0.2) is 20.2 Å². The van der Waals surface area contributed by atoms with Crippen molar-refractivity contribution in [1.29, 1.82) is 0 Å². The molecule has 0 radical (unpaired) electrons. The molecule has 0 saturated carbocycles. The minimum absolute atomic E-state index is 0.00857. The lowest BCUT2D eigenvalue weighted by atomic mass is 10.0. The summed E-state index contributed by atoms with van der Waals surface area (Å²) in [7, 11) is 1.37. The maximum atomic E-state index is 13.2. The topological polar surface area (TPSA) is 46.8 Å². The minimum atomic E-state index is -5.05. The number of anilines is 1. The van der Waals surface area contributed by atoms with Crippen LogP contribution in [0.5, 0.6) is 0 Å². The van der Waals surface area contributed by atoms with Crippen LogP contribution in [0, 0.1) is 6.92 Å². The first-order valence-electron chi connectivity index (χ1n) is 9.48. The van der Waals surface area contributed by atoms with Crippen molar-refractivity contribution in [2.24, 2.45) is 7.05 Å². The third-order valence-corrected chi connectivity index (χ3v) is 4.84. The van der Waals surface area contributed by atoms with Gasteiger partial charge in [0.15, 0.2) is 0 Å². The zero-order valence-electron chi connectivity index (χ0n) is 17.5. The first kappa shape index (κ1) is 25.3. The Morgan fingerprint density at radius 3 is 1.79 bits per heavy atom. The standard InChI is InChI=1S/C20H16F9N5/c1-11-3-4-14(18(21,22)23)7-13(11)10-34(17-30-32-33(2)31-17)9-12-5-15(19(24,25)26)8-16(6-12)20(27,28)29/h3-8H,9-10H2,1-2H3. The Morgan fingerprint density at radius 1 is 0.765 bits per heavy atom. The fraction of sp³-hybridized carbons (Fsp3) is 0.350. The maximum Gasteiger partial charge on any atom is 0.416 e. The predicted molar refractivity (Wildman–Crippen MR) is 101 cm³/mol. The Labute approximate surface area is 186 Å². The molecule has 5 nitrogen and oxygen atoms in total. The summed E-state index contributed by atoms with van der Waals surface area (Å²) in [5, 5.41) is 11.2. The highest BCUT2D eigenvalue weighted by Crippen LogP contribution is 2.37. The van der Waals surface area contributed by atoms with E-state index in [-0.39, 0.29) is 29.7 Å². The van der Waals surface area contributed by atoms with Crippen molar-refractivity contribution in [2.75, 3.05) is 4.90 Å². The molecule has 0 bridgehead atoms. The fourth-order valence-electron chi connectivity index (χ4n) is 3.15. The van der Waals surface area contributed by atoms with Crippen LogP contribution in [0.15, 0.2) is 36.4 Å². The van der Waals surface area contributed by atoms with Crippen molar-refractivity contribution >= 4 is 5.95 Å². The second kappa shape index (κ2) is 8.80. The monoisotopic (exact) mass is 497 g/mol. The smallest absolute Gasteiger partial charge is 0.330 e. The van der Waals surface area contributed by atoms with E-state index in [2.05, 4.69) is 15.4 Å². The van der Waals surface area contributed by atoms with E-state index in [1.165, 1.54) is 20.0 Å².